The van der Waals surface area contributed by atoms with Gasteiger partial charge in [0.05, 0.1) is 22.9 Å². The van der Waals surface area contributed by atoms with Crippen LogP contribution in [0.1, 0.15) is 27.4 Å². The fourth-order valence-corrected chi connectivity index (χ4v) is 4.38. The van der Waals surface area contributed by atoms with Crippen LogP contribution in [0.3, 0.4) is 0 Å². The fraction of sp³-hybridized carbons (Fsp3) is 0.231. The summed E-state index contributed by atoms with van der Waals surface area (Å²) >= 11 is 0. The van der Waals surface area contributed by atoms with Crippen molar-refractivity contribution in [1.29, 1.82) is 5.26 Å². The maximum absolute atomic E-state index is 13.0. The normalized spacial score (nSPS) is 17.2. The van der Waals surface area contributed by atoms with Crippen LogP contribution in [0.2, 0.25) is 0 Å². The van der Waals surface area contributed by atoms with Crippen LogP contribution in [-0.4, -0.2) is 67.4 Å². The summed E-state index contributed by atoms with van der Waals surface area (Å²) in [5.74, 6) is -0.515. The molecule has 5 rings (SSSR count). The Hall–Kier alpha value is -4.26. The SMILES string of the molecule is Cc1cc(-c2c(-c3cccc(C#N)c3)nn3ccc(C(=O)N=C4CN(C)C[C@H]4O)nc23)cc(C)n1. The summed E-state index contributed by atoms with van der Waals surface area (Å²) in [5, 5.41) is 24.3. The number of likely N-dealkylation sites (N-methyl/N-ethyl adjacent to an activating group) is 1. The lowest BCUT2D eigenvalue weighted by Crippen LogP contribution is -2.19. The third kappa shape index (κ3) is 4.33. The molecular weight excluding hydrogens is 442 g/mol. The Morgan fingerprint density at radius 2 is 1.91 bits per heavy atom. The van der Waals surface area contributed by atoms with Crippen LogP contribution in [0.5, 0.6) is 0 Å². The molecule has 1 N–H and O–H groups in total. The number of fused-ring (bicyclic) bond motifs is 1. The fourth-order valence-electron chi connectivity index (χ4n) is 4.38. The van der Waals surface area contributed by atoms with Crippen molar-refractivity contribution in [1.82, 2.24) is 24.5 Å². The summed E-state index contributed by atoms with van der Waals surface area (Å²) < 4.78 is 1.62. The molecule has 1 aliphatic heterocycles. The number of aliphatic imine (C=N–C) groups is 1. The summed E-state index contributed by atoms with van der Waals surface area (Å²) in [4.78, 5) is 28.1. The smallest absolute Gasteiger partial charge is 0.295 e. The van der Waals surface area contributed by atoms with Crippen molar-refractivity contribution in [2.45, 2.75) is 20.0 Å². The molecule has 174 valence electrons. The first-order valence-electron chi connectivity index (χ1n) is 11.2. The molecule has 35 heavy (non-hydrogen) atoms. The van der Waals surface area contributed by atoms with Gasteiger partial charge in [0.25, 0.3) is 5.91 Å². The number of aromatic nitrogens is 4. The van der Waals surface area contributed by atoms with Crippen LogP contribution in [0.15, 0.2) is 53.7 Å². The zero-order chi connectivity index (χ0) is 24.7. The molecule has 1 aromatic carbocycles. The predicted molar refractivity (Wildman–Crippen MR) is 131 cm³/mol. The molecule has 0 spiro atoms. The molecule has 4 heterocycles. The average molecular weight is 466 g/mol. The summed E-state index contributed by atoms with van der Waals surface area (Å²) in [6.07, 6.45) is 0.912. The molecule has 1 saturated heterocycles. The summed E-state index contributed by atoms with van der Waals surface area (Å²) in [7, 11) is 1.86. The molecule has 9 heteroatoms. The van der Waals surface area contributed by atoms with E-state index in [1.807, 2.05) is 50.1 Å². The Morgan fingerprint density at radius 3 is 2.60 bits per heavy atom. The van der Waals surface area contributed by atoms with Gasteiger partial charge < -0.3 is 5.11 Å². The minimum absolute atomic E-state index is 0.160. The van der Waals surface area contributed by atoms with E-state index in [0.29, 0.717) is 35.7 Å². The van der Waals surface area contributed by atoms with Crippen molar-refractivity contribution < 1.29 is 9.90 Å². The van der Waals surface area contributed by atoms with E-state index in [9.17, 15) is 15.2 Å². The highest BCUT2D eigenvalue weighted by atomic mass is 16.3. The summed E-state index contributed by atoms with van der Waals surface area (Å²) in [6.45, 7) is 4.71. The van der Waals surface area contributed by atoms with Crippen molar-refractivity contribution >= 4 is 17.3 Å². The Kier molecular flexibility index (Phi) is 5.68. The largest absolute Gasteiger partial charge is 0.386 e. The van der Waals surface area contributed by atoms with Gasteiger partial charge in [0, 0.05) is 36.2 Å². The Morgan fingerprint density at radius 1 is 1.14 bits per heavy atom. The first-order chi connectivity index (χ1) is 16.8. The topological polar surface area (TPSA) is 120 Å². The molecule has 1 atom stereocenters. The predicted octanol–water partition coefficient (Wildman–Crippen LogP) is 2.83. The van der Waals surface area contributed by atoms with Crippen molar-refractivity contribution in [3.05, 3.63) is 71.3 Å². The van der Waals surface area contributed by atoms with Gasteiger partial charge >= 0.3 is 0 Å². The van der Waals surface area contributed by atoms with Gasteiger partial charge in [-0.25, -0.2) is 14.5 Å². The molecule has 0 radical (unpaired) electrons. The van der Waals surface area contributed by atoms with E-state index in [1.54, 1.807) is 28.9 Å². The maximum atomic E-state index is 13.0. The second-order valence-electron chi connectivity index (χ2n) is 8.76. The van der Waals surface area contributed by atoms with Gasteiger partial charge in [-0.05, 0) is 56.8 Å². The third-order valence-corrected chi connectivity index (χ3v) is 5.89. The van der Waals surface area contributed by atoms with Gasteiger partial charge in [-0.3, -0.25) is 14.7 Å². The number of benzene rings is 1. The number of nitriles is 1. The number of hydrogen-bond acceptors (Lipinski definition) is 7. The monoisotopic (exact) mass is 465 g/mol. The van der Waals surface area contributed by atoms with Gasteiger partial charge in [0.2, 0.25) is 0 Å². The number of nitrogens with zero attached hydrogens (tertiary/aromatic N) is 7. The minimum Gasteiger partial charge on any atom is -0.386 e. The van der Waals surface area contributed by atoms with E-state index in [4.69, 9.17) is 5.10 Å². The summed E-state index contributed by atoms with van der Waals surface area (Å²) in [6, 6.07) is 14.9. The molecular formula is C26H23N7O2. The van der Waals surface area contributed by atoms with Crippen LogP contribution >= 0.6 is 0 Å². The van der Waals surface area contributed by atoms with Crippen LogP contribution < -0.4 is 0 Å². The number of hydrogen-bond donors (Lipinski definition) is 1. The first kappa shape index (κ1) is 22.5. The third-order valence-electron chi connectivity index (χ3n) is 5.89. The molecule has 4 aromatic rings. The van der Waals surface area contributed by atoms with Crippen molar-refractivity contribution in [2.75, 3.05) is 20.1 Å². The molecule has 1 fully saturated rings. The number of aliphatic hydroxyl groups excluding tert-OH is 1. The molecule has 1 amide bonds. The second-order valence-corrected chi connectivity index (χ2v) is 8.76. The van der Waals surface area contributed by atoms with Crippen LogP contribution in [0.25, 0.3) is 28.0 Å². The zero-order valence-electron chi connectivity index (χ0n) is 19.6. The van der Waals surface area contributed by atoms with Crippen molar-refractivity contribution in [3.8, 4) is 28.5 Å². The number of aliphatic hydroxyl groups is 1. The van der Waals surface area contributed by atoms with Crippen molar-refractivity contribution in [3.63, 3.8) is 0 Å². The lowest BCUT2D eigenvalue weighted by atomic mass is 9.99. The Bertz CT molecular complexity index is 1530. The lowest BCUT2D eigenvalue weighted by Gasteiger charge is -2.07. The van der Waals surface area contributed by atoms with Crippen LogP contribution in [-0.2, 0) is 0 Å². The standard InChI is InChI=1S/C26H23N7O2/c1-15-9-19(10-16(2)28-15)23-24(18-6-4-5-17(11-18)12-27)31-33-8-7-20(29-25(23)33)26(35)30-21-13-32(3)14-22(21)34/h4-11,22,34H,13-14H2,1-3H3/t22-/m1/s1. The number of likely N-dealkylation sites (tertiary alicyclic amines) is 1. The molecule has 9 nitrogen and oxygen atoms in total. The van der Waals surface area contributed by atoms with Gasteiger partial charge in [-0.15, -0.1) is 0 Å². The average Bonchev–Trinajstić information content (AvgIpc) is 3.36. The quantitative estimate of drug-likeness (QED) is 0.494. The highest BCUT2D eigenvalue weighted by molar-refractivity contribution is 6.06. The molecule has 0 unspecified atom stereocenters. The number of β-amino-alcohol motifs (C(OH)–C–C–N with tert-alkyl or cyclic N) is 1. The van der Waals surface area contributed by atoms with Gasteiger partial charge in [0.1, 0.15) is 17.5 Å². The molecule has 3 aromatic heterocycles. The number of carbonyl (C=O) groups excluding carboxylic acids is 1. The van der Waals surface area contributed by atoms with Gasteiger partial charge in [0.15, 0.2) is 5.65 Å². The van der Waals surface area contributed by atoms with Gasteiger partial charge in [-0.2, -0.15) is 10.4 Å². The second kappa shape index (κ2) is 8.83. The highest BCUT2D eigenvalue weighted by Gasteiger charge is 2.26. The van der Waals surface area contributed by atoms with E-state index in [2.05, 4.69) is 21.0 Å². The van der Waals surface area contributed by atoms with Crippen molar-refractivity contribution in [2.24, 2.45) is 4.99 Å². The number of amides is 1. The minimum atomic E-state index is -0.764. The van der Waals surface area contributed by atoms with Gasteiger partial charge in [-0.1, -0.05) is 12.1 Å². The highest BCUT2D eigenvalue weighted by Crippen LogP contribution is 2.35. The molecule has 0 aliphatic carbocycles. The number of aryl methyl sites for hydroxylation is 2. The summed E-state index contributed by atoms with van der Waals surface area (Å²) in [5.41, 5.74) is 6.29. The van der Waals surface area contributed by atoms with E-state index in [1.165, 1.54) is 0 Å². The molecule has 0 saturated carbocycles. The van der Waals surface area contributed by atoms with E-state index in [-0.39, 0.29) is 5.69 Å². The lowest BCUT2D eigenvalue weighted by molar-refractivity contribution is 0.0996. The molecule has 1 aliphatic rings. The maximum Gasteiger partial charge on any atom is 0.295 e. The number of rotatable bonds is 3. The Labute approximate surface area is 202 Å². The number of pyridine rings is 1. The van der Waals surface area contributed by atoms with E-state index in [0.717, 1.165) is 28.1 Å². The first-order valence-corrected chi connectivity index (χ1v) is 11.2. The van der Waals surface area contributed by atoms with E-state index < -0.39 is 12.0 Å². The van der Waals surface area contributed by atoms with Crippen LogP contribution in [0, 0.1) is 25.2 Å². The molecule has 0 bridgehead atoms. The Balaban J connectivity index is 1.70. The van der Waals surface area contributed by atoms with E-state index >= 15 is 0 Å². The number of carbonyl (C=O) groups is 1. The van der Waals surface area contributed by atoms with Crippen LogP contribution in [0.4, 0.5) is 0 Å². The zero-order valence-corrected chi connectivity index (χ0v) is 19.6.